The Morgan fingerprint density at radius 2 is 1.92 bits per heavy atom. The summed E-state index contributed by atoms with van der Waals surface area (Å²) >= 11 is 11.3. The van der Waals surface area contributed by atoms with E-state index in [9.17, 15) is 0 Å². The summed E-state index contributed by atoms with van der Waals surface area (Å²) in [6.45, 7) is 5.69. The average molecular weight is 217 g/mol. The molecule has 0 atom stereocenters. The van der Waals surface area contributed by atoms with Crippen molar-refractivity contribution in [2.45, 2.75) is 20.8 Å². The number of hydrogen-bond acceptors (Lipinski definition) is 2. The van der Waals surface area contributed by atoms with E-state index in [0.29, 0.717) is 21.4 Å². The van der Waals surface area contributed by atoms with Gasteiger partial charge in [0.15, 0.2) is 0 Å². The van der Waals surface area contributed by atoms with Crippen LogP contribution in [0.1, 0.15) is 25.1 Å². The van der Waals surface area contributed by atoms with Crippen LogP contribution in [0.3, 0.4) is 0 Å². The molecule has 0 radical (unpaired) electrons. The van der Waals surface area contributed by atoms with Gasteiger partial charge in [-0.15, -0.1) is 0 Å². The second-order valence-corrected chi connectivity index (χ2v) is 2.79. The van der Waals surface area contributed by atoms with Gasteiger partial charge in [-0.1, -0.05) is 37.0 Å². The van der Waals surface area contributed by atoms with Crippen LogP contribution in [0.4, 0.5) is 0 Å². The molecule has 0 aliphatic heterocycles. The summed E-state index contributed by atoms with van der Waals surface area (Å²) in [7, 11) is 0. The first-order valence-electron chi connectivity index (χ1n) is 3.88. The van der Waals surface area contributed by atoms with Crippen molar-refractivity contribution >= 4 is 23.2 Å². The third-order valence-electron chi connectivity index (χ3n) is 1.23. The van der Waals surface area contributed by atoms with Crippen molar-refractivity contribution in [3.8, 4) is 6.07 Å². The standard InChI is InChI=1S/C7H4Cl2N2.C2H6/c1-4-5(3-10)6(8)2-7(9)11-4;1-2/h2H,1H3;1-2H3. The van der Waals surface area contributed by atoms with Crippen molar-refractivity contribution in [1.82, 2.24) is 4.98 Å². The molecular formula is C9H10Cl2N2. The molecule has 0 fully saturated rings. The molecule has 0 amide bonds. The first-order chi connectivity index (χ1) is 6.15. The van der Waals surface area contributed by atoms with Crippen molar-refractivity contribution in [1.29, 1.82) is 5.26 Å². The van der Waals surface area contributed by atoms with E-state index in [0.717, 1.165) is 0 Å². The van der Waals surface area contributed by atoms with Gasteiger partial charge >= 0.3 is 0 Å². The maximum atomic E-state index is 8.57. The van der Waals surface area contributed by atoms with Crippen molar-refractivity contribution in [2.24, 2.45) is 0 Å². The summed E-state index contributed by atoms with van der Waals surface area (Å²) in [5, 5.41) is 9.24. The highest BCUT2D eigenvalue weighted by atomic mass is 35.5. The zero-order valence-corrected chi connectivity index (χ0v) is 9.24. The van der Waals surface area contributed by atoms with Crippen LogP contribution in [0.5, 0.6) is 0 Å². The van der Waals surface area contributed by atoms with E-state index in [1.165, 1.54) is 6.07 Å². The van der Waals surface area contributed by atoms with Crippen molar-refractivity contribution in [2.75, 3.05) is 0 Å². The van der Waals surface area contributed by atoms with Gasteiger partial charge in [0, 0.05) is 0 Å². The Bertz CT molecular complexity index is 306. The highest BCUT2D eigenvalue weighted by Gasteiger charge is 2.05. The van der Waals surface area contributed by atoms with E-state index < -0.39 is 0 Å². The summed E-state index contributed by atoms with van der Waals surface area (Å²) in [5.41, 5.74) is 0.945. The van der Waals surface area contributed by atoms with Gasteiger partial charge in [0.25, 0.3) is 0 Å². The topological polar surface area (TPSA) is 36.7 Å². The van der Waals surface area contributed by atoms with Crippen LogP contribution in [0.2, 0.25) is 10.2 Å². The number of aryl methyl sites for hydroxylation is 1. The lowest BCUT2D eigenvalue weighted by Crippen LogP contribution is -1.88. The molecule has 0 aliphatic carbocycles. The van der Waals surface area contributed by atoms with Gasteiger partial charge in [-0.25, -0.2) is 4.98 Å². The smallest absolute Gasteiger partial charge is 0.130 e. The molecule has 4 heteroatoms. The number of rotatable bonds is 0. The molecule has 0 saturated carbocycles. The zero-order valence-electron chi connectivity index (χ0n) is 7.73. The van der Waals surface area contributed by atoms with E-state index in [4.69, 9.17) is 28.5 Å². The van der Waals surface area contributed by atoms with Crippen molar-refractivity contribution in [3.05, 3.63) is 27.5 Å². The van der Waals surface area contributed by atoms with Gasteiger partial charge in [0.05, 0.1) is 16.3 Å². The molecule has 1 aromatic rings. The molecule has 13 heavy (non-hydrogen) atoms. The van der Waals surface area contributed by atoms with E-state index in [2.05, 4.69) is 4.98 Å². The normalized spacial score (nSPS) is 8.31. The first-order valence-corrected chi connectivity index (χ1v) is 4.63. The lowest BCUT2D eigenvalue weighted by atomic mass is 10.2. The van der Waals surface area contributed by atoms with Gasteiger partial charge in [0.2, 0.25) is 0 Å². The third-order valence-corrected chi connectivity index (χ3v) is 1.72. The lowest BCUT2D eigenvalue weighted by Gasteiger charge is -1.98. The van der Waals surface area contributed by atoms with E-state index >= 15 is 0 Å². The van der Waals surface area contributed by atoms with Crippen molar-refractivity contribution < 1.29 is 0 Å². The fourth-order valence-electron chi connectivity index (χ4n) is 0.732. The van der Waals surface area contributed by atoms with Crippen LogP contribution in [0, 0.1) is 18.3 Å². The van der Waals surface area contributed by atoms with Crippen molar-refractivity contribution in [3.63, 3.8) is 0 Å². The number of halogens is 2. The van der Waals surface area contributed by atoms with Crippen LogP contribution in [0.15, 0.2) is 6.07 Å². The Hall–Kier alpha value is -0.780. The summed E-state index contributed by atoms with van der Waals surface area (Å²) in [4.78, 5) is 3.86. The van der Waals surface area contributed by atoms with E-state index in [-0.39, 0.29) is 0 Å². The number of nitrogens with zero attached hydrogens (tertiary/aromatic N) is 2. The minimum absolute atomic E-state index is 0.312. The molecule has 0 aliphatic rings. The largest absolute Gasteiger partial charge is 0.240 e. The third kappa shape index (κ3) is 3.22. The zero-order chi connectivity index (χ0) is 10.4. The van der Waals surface area contributed by atoms with Gasteiger partial charge in [-0.3, -0.25) is 0 Å². The SMILES string of the molecule is CC.Cc1nc(Cl)cc(Cl)c1C#N. The molecule has 2 nitrogen and oxygen atoms in total. The Morgan fingerprint density at radius 3 is 2.31 bits per heavy atom. The second-order valence-electron chi connectivity index (χ2n) is 2.00. The Labute approximate surface area is 88.1 Å². The summed E-state index contributed by atoms with van der Waals surface area (Å²) in [6.07, 6.45) is 0. The van der Waals surface area contributed by atoms with Crippen LogP contribution in [-0.4, -0.2) is 4.98 Å². The number of hydrogen-bond donors (Lipinski definition) is 0. The molecule has 0 spiro atoms. The number of nitriles is 1. The van der Waals surface area contributed by atoms with Crippen LogP contribution in [-0.2, 0) is 0 Å². The molecule has 1 heterocycles. The molecule has 70 valence electrons. The predicted octanol–water partition coefficient (Wildman–Crippen LogP) is 3.59. The fraction of sp³-hybridized carbons (Fsp3) is 0.333. The molecule has 0 unspecified atom stereocenters. The maximum absolute atomic E-state index is 8.57. The average Bonchev–Trinajstić information content (AvgIpc) is 2.07. The first kappa shape index (κ1) is 12.2. The molecule has 0 saturated heterocycles. The summed E-state index contributed by atoms with van der Waals surface area (Å²) in [5.74, 6) is 0. The predicted molar refractivity (Wildman–Crippen MR) is 55.1 cm³/mol. The van der Waals surface area contributed by atoms with Crippen LogP contribution < -0.4 is 0 Å². The monoisotopic (exact) mass is 216 g/mol. The summed E-state index contributed by atoms with van der Waals surface area (Å²) < 4.78 is 0. The molecule has 0 aromatic carbocycles. The van der Waals surface area contributed by atoms with Gasteiger partial charge in [0.1, 0.15) is 11.2 Å². The number of pyridine rings is 1. The van der Waals surface area contributed by atoms with E-state index in [1.54, 1.807) is 6.92 Å². The molecule has 1 aromatic heterocycles. The highest BCUT2D eigenvalue weighted by Crippen LogP contribution is 2.20. The minimum Gasteiger partial charge on any atom is -0.240 e. The lowest BCUT2D eigenvalue weighted by molar-refractivity contribution is 1.18. The molecule has 0 bridgehead atoms. The Kier molecular flexibility index (Phi) is 5.45. The quantitative estimate of drug-likeness (QED) is 0.622. The molecule has 1 rings (SSSR count). The number of aromatic nitrogens is 1. The van der Waals surface area contributed by atoms with Crippen LogP contribution in [0.25, 0.3) is 0 Å². The van der Waals surface area contributed by atoms with Crippen LogP contribution >= 0.6 is 23.2 Å². The fourth-order valence-corrected chi connectivity index (χ4v) is 1.31. The Balaban J connectivity index is 0.000000671. The van der Waals surface area contributed by atoms with Gasteiger partial charge in [-0.2, -0.15) is 5.26 Å². The van der Waals surface area contributed by atoms with E-state index in [1.807, 2.05) is 19.9 Å². The second kappa shape index (κ2) is 5.80. The van der Waals surface area contributed by atoms with Gasteiger partial charge < -0.3 is 0 Å². The minimum atomic E-state index is 0.312. The van der Waals surface area contributed by atoms with Gasteiger partial charge in [-0.05, 0) is 13.0 Å². The summed E-state index contributed by atoms with van der Waals surface area (Å²) in [6, 6.07) is 3.39. The highest BCUT2D eigenvalue weighted by molar-refractivity contribution is 6.34. The maximum Gasteiger partial charge on any atom is 0.130 e. The Morgan fingerprint density at radius 1 is 1.38 bits per heavy atom. The molecule has 0 N–H and O–H groups in total. The molecular weight excluding hydrogens is 207 g/mol.